The number of nitrogens with zero attached hydrogens (tertiary/aromatic N) is 4. The molecule has 0 bridgehead atoms. The average molecular weight is 479 g/mol. The molecule has 0 amide bonds. The molecule has 2 aromatic carbocycles. The van der Waals surface area contributed by atoms with E-state index in [2.05, 4.69) is 22.0 Å². The Bertz CT molecular complexity index is 1270. The maximum absolute atomic E-state index is 13.6. The van der Waals surface area contributed by atoms with Gasteiger partial charge in [0.1, 0.15) is 11.6 Å². The van der Waals surface area contributed by atoms with Crippen molar-refractivity contribution in [3.8, 4) is 0 Å². The molecule has 180 valence electrons. The van der Waals surface area contributed by atoms with E-state index in [-0.39, 0.29) is 0 Å². The van der Waals surface area contributed by atoms with Crippen LogP contribution >= 0.6 is 0 Å². The summed E-state index contributed by atoms with van der Waals surface area (Å²) in [5.74, 6) is 1.67. The van der Waals surface area contributed by atoms with Crippen molar-refractivity contribution in [1.82, 2.24) is 14.3 Å². The zero-order chi connectivity index (χ0) is 24.5. The Morgan fingerprint density at radius 3 is 2.21 bits per heavy atom. The number of benzene rings is 2. The van der Waals surface area contributed by atoms with Crippen molar-refractivity contribution < 1.29 is 8.42 Å². The first-order valence-corrected chi connectivity index (χ1v) is 13.3. The van der Waals surface area contributed by atoms with Crippen LogP contribution in [-0.2, 0) is 16.4 Å². The molecule has 1 aliphatic heterocycles. The van der Waals surface area contributed by atoms with Crippen LogP contribution in [0.25, 0.3) is 0 Å². The van der Waals surface area contributed by atoms with E-state index in [0.717, 1.165) is 59.0 Å². The lowest BCUT2D eigenvalue weighted by Gasteiger charge is -2.26. The first-order valence-electron chi connectivity index (χ1n) is 11.9. The topological polar surface area (TPSA) is 66.4 Å². The molecule has 1 fully saturated rings. The third-order valence-electron chi connectivity index (χ3n) is 6.48. The summed E-state index contributed by atoms with van der Waals surface area (Å²) in [5.41, 5.74) is 6.00. The second kappa shape index (κ2) is 9.84. The smallest absolute Gasteiger partial charge is 0.243 e. The zero-order valence-electron chi connectivity index (χ0n) is 20.8. The van der Waals surface area contributed by atoms with Gasteiger partial charge in [-0.15, -0.1) is 0 Å². The number of sulfonamides is 1. The summed E-state index contributed by atoms with van der Waals surface area (Å²) < 4.78 is 28.9. The van der Waals surface area contributed by atoms with Gasteiger partial charge in [-0.2, -0.15) is 4.31 Å². The van der Waals surface area contributed by atoms with Gasteiger partial charge in [0.05, 0.1) is 4.90 Å². The highest BCUT2D eigenvalue weighted by atomic mass is 32.2. The van der Waals surface area contributed by atoms with Crippen LogP contribution in [0.2, 0.25) is 0 Å². The van der Waals surface area contributed by atoms with Crippen LogP contribution in [-0.4, -0.2) is 48.9 Å². The maximum atomic E-state index is 13.6. The number of anilines is 1. The first-order chi connectivity index (χ1) is 16.2. The Hall–Kier alpha value is -2.77. The van der Waals surface area contributed by atoms with E-state index in [9.17, 15) is 8.42 Å². The van der Waals surface area contributed by atoms with Crippen LogP contribution in [0.4, 0.5) is 5.82 Å². The number of aromatic nitrogens is 2. The molecule has 0 N–H and O–H groups in total. The molecule has 7 heteroatoms. The van der Waals surface area contributed by atoms with E-state index in [1.54, 1.807) is 4.31 Å². The summed E-state index contributed by atoms with van der Waals surface area (Å²) in [6.07, 6.45) is 1.50. The van der Waals surface area contributed by atoms with Gasteiger partial charge in [0.25, 0.3) is 0 Å². The summed E-state index contributed by atoms with van der Waals surface area (Å²) in [7, 11) is -3.57. The minimum Gasteiger partial charge on any atom is -0.355 e. The molecule has 0 aliphatic carbocycles. The number of hydrogen-bond donors (Lipinski definition) is 0. The van der Waals surface area contributed by atoms with E-state index < -0.39 is 10.0 Å². The Morgan fingerprint density at radius 1 is 0.853 bits per heavy atom. The summed E-state index contributed by atoms with van der Waals surface area (Å²) in [6.45, 7) is 12.0. The summed E-state index contributed by atoms with van der Waals surface area (Å²) in [6, 6.07) is 14.2. The van der Waals surface area contributed by atoms with Crippen molar-refractivity contribution in [1.29, 1.82) is 0 Å². The molecule has 1 aromatic heterocycles. The summed E-state index contributed by atoms with van der Waals surface area (Å²) >= 11 is 0. The largest absolute Gasteiger partial charge is 0.355 e. The molecule has 3 aromatic rings. The summed E-state index contributed by atoms with van der Waals surface area (Å²) in [4.78, 5) is 12.1. The Labute approximate surface area is 203 Å². The van der Waals surface area contributed by atoms with E-state index in [1.807, 2.05) is 65.0 Å². The van der Waals surface area contributed by atoms with Crippen molar-refractivity contribution in [3.63, 3.8) is 0 Å². The third-order valence-corrected chi connectivity index (χ3v) is 8.69. The zero-order valence-corrected chi connectivity index (χ0v) is 21.6. The van der Waals surface area contributed by atoms with E-state index in [4.69, 9.17) is 4.98 Å². The fourth-order valence-electron chi connectivity index (χ4n) is 5.03. The van der Waals surface area contributed by atoms with Gasteiger partial charge in [0, 0.05) is 43.9 Å². The van der Waals surface area contributed by atoms with E-state index in [1.165, 1.54) is 5.56 Å². The monoisotopic (exact) mass is 478 g/mol. The van der Waals surface area contributed by atoms with Crippen molar-refractivity contribution in [2.45, 2.75) is 52.4 Å². The van der Waals surface area contributed by atoms with Gasteiger partial charge in [0.15, 0.2) is 0 Å². The lowest BCUT2D eigenvalue weighted by Crippen LogP contribution is -2.36. The van der Waals surface area contributed by atoms with Crippen molar-refractivity contribution >= 4 is 15.8 Å². The summed E-state index contributed by atoms with van der Waals surface area (Å²) in [5, 5.41) is 0. The molecule has 34 heavy (non-hydrogen) atoms. The van der Waals surface area contributed by atoms with Crippen molar-refractivity contribution in [3.05, 3.63) is 81.8 Å². The molecule has 2 heterocycles. The van der Waals surface area contributed by atoms with Gasteiger partial charge in [-0.05, 0) is 57.7 Å². The quantitative estimate of drug-likeness (QED) is 0.540. The lowest BCUT2D eigenvalue weighted by molar-refractivity contribution is 0.432. The van der Waals surface area contributed by atoms with Gasteiger partial charge in [0.2, 0.25) is 10.0 Å². The van der Waals surface area contributed by atoms with E-state index >= 15 is 0 Å². The molecule has 1 aliphatic rings. The number of rotatable bonds is 5. The van der Waals surface area contributed by atoms with Gasteiger partial charge < -0.3 is 4.90 Å². The van der Waals surface area contributed by atoms with Gasteiger partial charge in [-0.25, -0.2) is 18.4 Å². The minimum absolute atomic E-state index is 0.433. The van der Waals surface area contributed by atoms with Gasteiger partial charge in [-0.3, -0.25) is 0 Å². The molecule has 0 atom stereocenters. The van der Waals surface area contributed by atoms with E-state index in [0.29, 0.717) is 24.5 Å². The highest BCUT2D eigenvalue weighted by Crippen LogP contribution is 2.28. The second-order valence-corrected chi connectivity index (χ2v) is 11.2. The lowest BCUT2D eigenvalue weighted by atomic mass is 10.0. The normalized spacial score (nSPS) is 15.4. The van der Waals surface area contributed by atoms with Crippen molar-refractivity contribution in [2.24, 2.45) is 0 Å². The Balaban J connectivity index is 1.62. The Morgan fingerprint density at radius 2 is 1.53 bits per heavy atom. The molecular formula is C27H34N4O2S. The minimum atomic E-state index is -3.57. The molecule has 1 saturated heterocycles. The second-order valence-electron chi connectivity index (χ2n) is 9.29. The van der Waals surface area contributed by atoms with Crippen LogP contribution in [0, 0.1) is 34.6 Å². The molecule has 4 rings (SSSR count). The van der Waals surface area contributed by atoms with Crippen LogP contribution in [0.1, 0.15) is 45.8 Å². The SMILES string of the molecule is Cc1cc(C)c(S(=O)(=O)N2CCCN(c3nc(C)nc(C)c3Cc3ccccc3)CC2)c(C)c1. The maximum Gasteiger partial charge on any atom is 0.243 e. The molecular weight excluding hydrogens is 444 g/mol. The molecule has 0 saturated carbocycles. The van der Waals surface area contributed by atoms with Crippen LogP contribution in [0.3, 0.4) is 0 Å². The Kier molecular flexibility index (Phi) is 7.05. The molecule has 6 nitrogen and oxygen atoms in total. The van der Waals surface area contributed by atoms with Crippen molar-refractivity contribution in [2.75, 3.05) is 31.1 Å². The fraction of sp³-hybridized carbons (Fsp3) is 0.407. The van der Waals surface area contributed by atoms with Gasteiger partial charge in [-0.1, -0.05) is 48.0 Å². The van der Waals surface area contributed by atoms with Gasteiger partial charge >= 0.3 is 0 Å². The predicted molar refractivity (Wildman–Crippen MR) is 137 cm³/mol. The van der Waals surface area contributed by atoms with Crippen LogP contribution in [0.15, 0.2) is 47.4 Å². The first kappa shape index (κ1) is 24.4. The fourth-order valence-corrected chi connectivity index (χ4v) is 6.92. The average Bonchev–Trinajstić information content (AvgIpc) is 3.02. The number of hydrogen-bond acceptors (Lipinski definition) is 5. The molecule has 0 radical (unpaired) electrons. The molecule has 0 spiro atoms. The highest BCUT2D eigenvalue weighted by molar-refractivity contribution is 7.89. The standard InChI is InChI=1S/C27H34N4O2S/c1-19-16-20(2)26(21(3)17-19)34(32,33)31-13-9-12-30(14-15-31)27-25(22(4)28-23(5)29-27)18-24-10-7-6-8-11-24/h6-8,10-11,16-17H,9,12-15,18H2,1-5H3. The van der Waals surface area contributed by atoms with Crippen LogP contribution in [0.5, 0.6) is 0 Å². The third kappa shape index (κ3) is 5.00. The van der Waals surface area contributed by atoms with Crippen LogP contribution < -0.4 is 4.90 Å². The highest BCUT2D eigenvalue weighted by Gasteiger charge is 2.30. The predicted octanol–water partition coefficient (Wildman–Crippen LogP) is 4.51. The number of aryl methyl sites for hydroxylation is 5. The molecule has 0 unspecified atom stereocenters.